The van der Waals surface area contributed by atoms with E-state index in [0.717, 1.165) is 29.5 Å². The molecule has 0 radical (unpaired) electrons. The first-order chi connectivity index (χ1) is 15.9. The molecule has 1 fully saturated rings. The number of carbonyl (C=O) groups excluding carboxylic acids is 2. The molecule has 2 amide bonds. The van der Waals surface area contributed by atoms with Gasteiger partial charge >= 0.3 is 0 Å². The lowest BCUT2D eigenvalue weighted by molar-refractivity contribution is -0.120. The second-order valence-corrected chi connectivity index (χ2v) is 8.68. The van der Waals surface area contributed by atoms with Gasteiger partial charge in [-0.1, -0.05) is 18.2 Å². The van der Waals surface area contributed by atoms with Crippen molar-refractivity contribution in [3.05, 3.63) is 58.8 Å². The van der Waals surface area contributed by atoms with Crippen LogP contribution in [0.1, 0.15) is 29.5 Å². The molecular weight excluding hydrogens is 420 g/mol. The van der Waals surface area contributed by atoms with Crippen molar-refractivity contribution in [2.24, 2.45) is 5.92 Å². The Morgan fingerprint density at radius 1 is 0.970 bits per heavy atom. The second kappa shape index (κ2) is 9.27. The number of likely N-dealkylation sites (tertiary alicyclic amines) is 1. The number of imide groups is 1. The van der Waals surface area contributed by atoms with E-state index in [2.05, 4.69) is 0 Å². The van der Waals surface area contributed by atoms with Gasteiger partial charge in [0.25, 0.3) is 11.8 Å². The van der Waals surface area contributed by atoms with E-state index in [4.69, 9.17) is 9.47 Å². The first-order valence-electron chi connectivity index (χ1n) is 11.2. The maximum Gasteiger partial charge on any atom is 0.282 e. The largest absolute Gasteiger partial charge is 0.497 e. The highest BCUT2D eigenvalue weighted by molar-refractivity contribution is 6.45. The zero-order valence-electron chi connectivity index (χ0n) is 19.6. The van der Waals surface area contributed by atoms with Gasteiger partial charge in [0.1, 0.15) is 17.2 Å². The summed E-state index contributed by atoms with van der Waals surface area (Å²) < 4.78 is 10.7. The highest BCUT2D eigenvalue weighted by atomic mass is 16.5. The molecule has 1 N–H and O–H groups in total. The van der Waals surface area contributed by atoms with Crippen LogP contribution in [0.15, 0.2) is 42.1 Å². The van der Waals surface area contributed by atoms with Crippen molar-refractivity contribution in [1.29, 1.82) is 0 Å². The molecule has 7 heteroatoms. The number of ether oxygens (including phenoxy) is 2. The van der Waals surface area contributed by atoms with Crippen LogP contribution in [0.2, 0.25) is 0 Å². The van der Waals surface area contributed by atoms with Crippen LogP contribution >= 0.6 is 0 Å². The van der Waals surface area contributed by atoms with E-state index in [9.17, 15) is 14.7 Å². The Morgan fingerprint density at radius 2 is 1.67 bits per heavy atom. The number of rotatable bonds is 6. The third-order valence-corrected chi connectivity index (χ3v) is 6.54. The lowest BCUT2D eigenvalue weighted by atomic mass is 9.96. The number of aliphatic hydroxyl groups excluding tert-OH is 1. The molecule has 2 aromatic rings. The van der Waals surface area contributed by atoms with Crippen LogP contribution in [0.3, 0.4) is 0 Å². The standard InChI is InChI=1S/C26H30N2O5/c1-16-7-8-19(10-17(16)2)23-24(27-9-5-6-18(14-27)15-29)26(31)28(25(23)30)20-11-21(32-3)13-22(12-20)33-4/h7-8,10-13,18,29H,5-6,9,14-15H2,1-4H3. The molecule has 2 aromatic carbocycles. The van der Waals surface area contributed by atoms with Gasteiger partial charge in [-0.15, -0.1) is 0 Å². The van der Waals surface area contributed by atoms with Crippen LogP contribution in [0, 0.1) is 19.8 Å². The first kappa shape index (κ1) is 22.9. The Bertz CT molecular complexity index is 1100. The van der Waals surface area contributed by atoms with E-state index in [0.29, 0.717) is 41.5 Å². The topological polar surface area (TPSA) is 79.3 Å². The van der Waals surface area contributed by atoms with Crippen molar-refractivity contribution in [3.8, 4) is 11.5 Å². The highest BCUT2D eigenvalue weighted by Gasteiger charge is 2.43. The molecule has 0 saturated carbocycles. The van der Waals surface area contributed by atoms with E-state index in [1.54, 1.807) is 18.2 Å². The minimum absolute atomic E-state index is 0.0572. The molecule has 2 heterocycles. The minimum atomic E-state index is -0.375. The molecule has 0 aliphatic carbocycles. The molecule has 0 aromatic heterocycles. The number of hydrogen-bond acceptors (Lipinski definition) is 6. The molecule has 174 valence electrons. The number of nitrogens with zero attached hydrogens (tertiary/aromatic N) is 2. The zero-order valence-corrected chi connectivity index (χ0v) is 19.6. The molecule has 2 aliphatic rings. The number of benzene rings is 2. The molecule has 0 bridgehead atoms. The smallest absolute Gasteiger partial charge is 0.282 e. The number of carbonyl (C=O) groups is 2. The predicted molar refractivity (Wildman–Crippen MR) is 126 cm³/mol. The molecule has 2 aliphatic heterocycles. The van der Waals surface area contributed by atoms with E-state index in [1.165, 1.54) is 19.1 Å². The average Bonchev–Trinajstić information content (AvgIpc) is 3.10. The van der Waals surface area contributed by atoms with E-state index in [-0.39, 0.29) is 24.3 Å². The second-order valence-electron chi connectivity index (χ2n) is 8.68. The maximum atomic E-state index is 13.8. The molecule has 1 saturated heterocycles. The van der Waals surface area contributed by atoms with E-state index >= 15 is 0 Å². The predicted octanol–water partition coefficient (Wildman–Crippen LogP) is 3.31. The molecule has 0 spiro atoms. The molecule has 1 atom stereocenters. The summed E-state index contributed by atoms with van der Waals surface area (Å²) in [5.41, 5.74) is 4.06. The number of aliphatic hydroxyl groups is 1. The molecule has 1 unspecified atom stereocenters. The fraction of sp³-hybridized carbons (Fsp3) is 0.385. The van der Waals surface area contributed by atoms with Crippen LogP contribution in [-0.4, -0.2) is 55.7 Å². The summed E-state index contributed by atoms with van der Waals surface area (Å²) in [6, 6.07) is 10.8. The number of amides is 2. The van der Waals surface area contributed by atoms with Crippen molar-refractivity contribution in [2.75, 3.05) is 38.8 Å². The van der Waals surface area contributed by atoms with Gasteiger partial charge in [-0.2, -0.15) is 0 Å². The number of piperidine rings is 1. The Hall–Kier alpha value is -3.32. The summed E-state index contributed by atoms with van der Waals surface area (Å²) in [5, 5.41) is 9.73. The number of anilines is 1. The first-order valence-corrected chi connectivity index (χ1v) is 11.2. The van der Waals surface area contributed by atoms with E-state index < -0.39 is 0 Å². The van der Waals surface area contributed by atoms with Crippen LogP contribution in [-0.2, 0) is 9.59 Å². The fourth-order valence-corrected chi connectivity index (χ4v) is 4.54. The number of hydrogen-bond donors (Lipinski definition) is 1. The quantitative estimate of drug-likeness (QED) is 0.681. The van der Waals surface area contributed by atoms with Gasteiger partial charge in [-0.3, -0.25) is 9.59 Å². The van der Waals surface area contributed by atoms with E-state index in [1.807, 2.05) is 36.9 Å². The average molecular weight is 451 g/mol. The summed E-state index contributed by atoms with van der Waals surface area (Å²) >= 11 is 0. The normalized spacial score (nSPS) is 18.9. The summed E-state index contributed by atoms with van der Waals surface area (Å²) in [4.78, 5) is 30.8. The highest BCUT2D eigenvalue weighted by Crippen LogP contribution is 2.39. The van der Waals surface area contributed by atoms with Crippen LogP contribution in [0.25, 0.3) is 5.57 Å². The minimum Gasteiger partial charge on any atom is -0.497 e. The summed E-state index contributed by atoms with van der Waals surface area (Å²) in [6.07, 6.45) is 1.75. The van der Waals surface area contributed by atoms with Gasteiger partial charge in [-0.25, -0.2) is 4.90 Å². The van der Waals surface area contributed by atoms with Crippen LogP contribution in [0.4, 0.5) is 5.69 Å². The Balaban J connectivity index is 1.85. The van der Waals surface area contributed by atoms with Gasteiger partial charge in [0, 0.05) is 37.9 Å². The molecule has 4 rings (SSSR count). The molecule has 7 nitrogen and oxygen atoms in total. The van der Waals surface area contributed by atoms with Crippen LogP contribution in [0.5, 0.6) is 11.5 Å². The van der Waals surface area contributed by atoms with Crippen molar-refractivity contribution < 1.29 is 24.2 Å². The van der Waals surface area contributed by atoms with Gasteiger partial charge in [0.05, 0.1) is 25.5 Å². The van der Waals surface area contributed by atoms with Crippen molar-refractivity contribution in [2.45, 2.75) is 26.7 Å². The van der Waals surface area contributed by atoms with Crippen molar-refractivity contribution >= 4 is 23.1 Å². The van der Waals surface area contributed by atoms with Gasteiger partial charge < -0.3 is 19.5 Å². The monoisotopic (exact) mass is 450 g/mol. The number of aryl methyl sites for hydroxylation is 2. The number of methoxy groups -OCH3 is 2. The van der Waals surface area contributed by atoms with Gasteiger partial charge in [0.2, 0.25) is 0 Å². The van der Waals surface area contributed by atoms with Crippen LogP contribution < -0.4 is 14.4 Å². The van der Waals surface area contributed by atoms with Gasteiger partial charge in [0.15, 0.2) is 0 Å². The SMILES string of the molecule is COc1cc(OC)cc(N2C(=O)C(c3ccc(C)c(C)c3)=C(N3CCCC(CO)C3)C2=O)c1. The summed E-state index contributed by atoms with van der Waals surface area (Å²) in [6.45, 7) is 5.26. The Labute approximate surface area is 194 Å². The lowest BCUT2D eigenvalue weighted by Gasteiger charge is -2.34. The lowest BCUT2D eigenvalue weighted by Crippen LogP contribution is -2.40. The summed E-state index contributed by atoms with van der Waals surface area (Å²) in [5.74, 6) is 0.303. The van der Waals surface area contributed by atoms with Crippen molar-refractivity contribution in [3.63, 3.8) is 0 Å². The summed E-state index contributed by atoms with van der Waals surface area (Å²) in [7, 11) is 3.05. The Morgan fingerprint density at radius 3 is 2.27 bits per heavy atom. The maximum absolute atomic E-state index is 13.8. The Kier molecular flexibility index (Phi) is 6.42. The molecular formula is C26H30N2O5. The molecule has 33 heavy (non-hydrogen) atoms. The van der Waals surface area contributed by atoms with Crippen molar-refractivity contribution in [1.82, 2.24) is 4.90 Å². The fourth-order valence-electron chi connectivity index (χ4n) is 4.54. The zero-order chi connectivity index (χ0) is 23.7. The van der Waals surface area contributed by atoms with Gasteiger partial charge in [-0.05, 0) is 49.3 Å². The third-order valence-electron chi connectivity index (χ3n) is 6.54. The third kappa shape index (κ3) is 4.20.